The maximum absolute atomic E-state index is 12.1. The first-order valence-electron chi connectivity index (χ1n) is 5.20. The van der Waals surface area contributed by atoms with Crippen LogP contribution in [0.5, 0.6) is 0 Å². The van der Waals surface area contributed by atoms with Crippen molar-refractivity contribution in [3.8, 4) is 0 Å². The van der Waals surface area contributed by atoms with Crippen molar-refractivity contribution in [3.05, 3.63) is 12.5 Å². The summed E-state index contributed by atoms with van der Waals surface area (Å²) in [6.07, 6.45) is 5.21. The van der Waals surface area contributed by atoms with E-state index in [4.69, 9.17) is 0 Å². The van der Waals surface area contributed by atoms with E-state index in [0.29, 0.717) is 25.9 Å². The molecule has 1 aromatic heterocycles. The van der Waals surface area contributed by atoms with Gasteiger partial charge in [0, 0.05) is 13.1 Å². The molecule has 0 atom stereocenters. The quantitative estimate of drug-likeness (QED) is 0.603. The molecule has 0 radical (unpaired) electrons. The molecule has 0 amide bonds. The van der Waals surface area contributed by atoms with Crippen LogP contribution < -0.4 is 0 Å². The number of piperidine rings is 1. The number of imidazole rings is 1. The van der Waals surface area contributed by atoms with E-state index in [9.17, 15) is 13.2 Å². The predicted molar refractivity (Wildman–Crippen MR) is 58.5 cm³/mol. The number of sulfonamides is 1. The molecule has 0 aliphatic carbocycles. The summed E-state index contributed by atoms with van der Waals surface area (Å²) in [6, 6.07) is -0.110. The Morgan fingerprint density at radius 2 is 2.18 bits per heavy atom. The Hall–Kier alpha value is -1.50. The summed E-state index contributed by atoms with van der Waals surface area (Å²) in [6.45, 7) is 0.717. The Morgan fingerprint density at radius 1 is 1.47 bits per heavy atom. The van der Waals surface area contributed by atoms with Crippen molar-refractivity contribution in [2.75, 3.05) is 13.1 Å². The molecular formula is C9H12N4O3S. The number of aromatic amines is 1. The Balaban J connectivity index is 2.09. The largest absolute Gasteiger partial charge is 0.335 e. The van der Waals surface area contributed by atoms with Crippen molar-refractivity contribution in [1.29, 1.82) is 0 Å². The first kappa shape index (κ1) is 12.0. The Labute approximate surface area is 98.6 Å². The average Bonchev–Trinajstić information content (AvgIpc) is 2.84. The van der Waals surface area contributed by atoms with Crippen LogP contribution in [-0.2, 0) is 14.8 Å². The molecule has 0 saturated carbocycles. The molecule has 0 bridgehead atoms. The molecule has 2 heterocycles. The molecule has 0 aromatic carbocycles. The molecule has 92 valence electrons. The first-order chi connectivity index (χ1) is 8.14. The minimum absolute atomic E-state index is 0.0924. The molecule has 8 heteroatoms. The van der Waals surface area contributed by atoms with Crippen LogP contribution in [0.3, 0.4) is 0 Å². The van der Waals surface area contributed by atoms with E-state index in [1.165, 1.54) is 22.9 Å². The van der Waals surface area contributed by atoms with Gasteiger partial charge in [0.25, 0.3) is 10.0 Å². The summed E-state index contributed by atoms with van der Waals surface area (Å²) in [7, 11) is -3.48. The van der Waals surface area contributed by atoms with Gasteiger partial charge in [-0.25, -0.2) is 23.2 Å². The third kappa shape index (κ3) is 2.44. The lowest BCUT2D eigenvalue weighted by atomic mass is 10.1. The first-order valence-corrected chi connectivity index (χ1v) is 6.64. The number of rotatable bonds is 3. The van der Waals surface area contributed by atoms with Gasteiger partial charge in [0.15, 0.2) is 5.03 Å². The predicted octanol–water partition coefficient (Wildman–Crippen LogP) is -0.101. The fourth-order valence-corrected chi connectivity index (χ4v) is 3.17. The van der Waals surface area contributed by atoms with E-state index in [1.54, 1.807) is 0 Å². The fraction of sp³-hybridized carbons (Fsp3) is 0.556. The number of aromatic nitrogens is 2. The van der Waals surface area contributed by atoms with Gasteiger partial charge in [-0.15, -0.1) is 0 Å². The van der Waals surface area contributed by atoms with E-state index in [-0.39, 0.29) is 11.1 Å². The smallest absolute Gasteiger partial charge is 0.260 e. The van der Waals surface area contributed by atoms with Crippen LogP contribution >= 0.6 is 0 Å². The molecule has 0 unspecified atom stereocenters. The molecule has 0 spiro atoms. The van der Waals surface area contributed by atoms with E-state index in [2.05, 4.69) is 15.0 Å². The zero-order valence-corrected chi connectivity index (χ0v) is 9.85. The highest BCUT2D eigenvalue weighted by Gasteiger charge is 2.30. The molecule has 1 aliphatic heterocycles. The summed E-state index contributed by atoms with van der Waals surface area (Å²) in [5, 5.41) is 0.0924. The normalized spacial score (nSPS) is 18.8. The summed E-state index contributed by atoms with van der Waals surface area (Å²) in [4.78, 5) is 20.0. The molecule has 7 nitrogen and oxygen atoms in total. The maximum atomic E-state index is 12.1. The SMILES string of the molecule is O=C=NC1CCN(S(=O)(=O)c2cnc[nH]2)CC1. The van der Waals surface area contributed by atoms with Gasteiger partial charge >= 0.3 is 0 Å². The highest BCUT2D eigenvalue weighted by atomic mass is 32.2. The van der Waals surface area contributed by atoms with Crippen molar-refractivity contribution < 1.29 is 13.2 Å². The van der Waals surface area contributed by atoms with Crippen molar-refractivity contribution >= 4 is 16.1 Å². The third-order valence-electron chi connectivity index (χ3n) is 2.75. The molecule has 1 fully saturated rings. The minimum Gasteiger partial charge on any atom is -0.335 e. The van der Waals surface area contributed by atoms with Crippen LogP contribution in [0.1, 0.15) is 12.8 Å². The van der Waals surface area contributed by atoms with Gasteiger partial charge in [0.2, 0.25) is 6.08 Å². The Morgan fingerprint density at radius 3 is 2.71 bits per heavy atom. The number of isocyanates is 1. The van der Waals surface area contributed by atoms with Gasteiger partial charge in [0.05, 0.1) is 18.6 Å². The number of hydrogen-bond acceptors (Lipinski definition) is 5. The van der Waals surface area contributed by atoms with Crippen molar-refractivity contribution in [1.82, 2.24) is 14.3 Å². The van der Waals surface area contributed by atoms with Gasteiger partial charge in [0.1, 0.15) is 0 Å². The highest BCUT2D eigenvalue weighted by molar-refractivity contribution is 7.89. The zero-order valence-electron chi connectivity index (χ0n) is 9.04. The second kappa shape index (κ2) is 4.79. The summed E-state index contributed by atoms with van der Waals surface area (Å²) in [5.74, 6) is 0. The van der Waals surface area contributed by atoms with E-state index in [1.807, 2.05) is 0 Å². The zero-order chi connectivity index (χ0) is 12.3. The van der Waals surface area contributed by atoms with Gasteiger partial charge in [-0.3, -0.25) is 0 Å². The van der Waals surface area contributed by atoms with Crippen molar-refractivity contribution in [3.63, 3.8) is 0 Å². The molecule has 1 aliphatic rings. The van der Waals surface area contributed by atoms with Crippen LogP contribution in [0.25, 0.3) is 0 Å². The maximum Gasteiger partial charge on any atom is 0.260 e. The van der Waals surface area contributed by atoms with Gasteiger partial charge in [-0.05, 0) is 12.8 Å². The number of carbonyl (C=O) groups excluding carboxylic acids is 1. The van der Waals surface area contributed by atoms with Crippen LogP contribution in [0, 0.1) is 0 Å². The van der Waals surface area contributed by atoms with Crippen LogP contribution in [-0.4, -0.2) is 47.9 Å². The summed E-state index contributed by atoms with van der Waals surface area (Å²) in [5.41, 5.74) is 0. The Bertz CT molecular complexity index is 510. The molecule has 2 rings (SSSR count). The molecule has 1 N–H and O–H groups in total. The van der Waals surface area contributed by atoms with E-state index < -0.39 is 10.0 Å². The second-order valence-corrected chi connectivity index (χ2v) is 5.68. The van der Waals surface area contributed by atoms with Crippen molar-refractivity contribution in [2.45, 2.75) is 23.9 Å². The lowest BCUT2D eigenvalue weighted by Gasteiger charge is -2.28. The number of nitrogens with zero attached hydrogens (tertiary/aromatic N) is 3. The Kier molecular flexibility index (Phi) is 3.37. The fourth-order valence-electron chi connectivity index (χ4n) is 1.81. The number of aliphatic imine (C=N–C) groups is 1. The highest BCUT2D eigenvalue weighted by Crippen LogP contribution is 2.20. The third-order valence-corrected chi connectivity index (χ3v) is 4.57. The summed E-state index contributed by atoms with van der Waals surface area (Å²) < 4.78 is 25.5. The van der Waals surface area contributed by atoms with Crippen LogP contribution in [0.4, 0.5) is 0 Å². The van der Waals surface area contributed by atoms with E-state index in [0.717, 1.165) is 0 Å². The van der Waals surface area contributed by atoms with Crippen LogP contribution in [0.2, 0.25) is 0 Å². The van der Waals surface area contributed by atoms with Gasteiger partial charge < -0.3 is 4.98 Å². The minimum atomic E-state index is -3.48. The topological polar surface area (TPSA) is 95.5 Å². The lowest BCUT2D eigenvalue weighted by molar-refractivity contribution is 0.320. The second-order valence-electron chi connectivity index (χ2n) is 3.77. The summed E-state index contributed by atoms with van der Waals surface area (Å²) >= 11 is 0. The monoisotopic (exact) mass is 256 g/mol. The molecule has 1 aromatic rings. The van der Waals surface area contributed by atoms with E-state index >= 15 is 0 Å². The molecule has 1 saturated heterocycles. The average molecular weight is 256 g/mol. The number of hydrogen-bond donors (Lipinski definition) is 1. The van der Waals surface area contributed by atoms with Gasteiger partial charge in [-0.2, -0.15) is 4.31 Å². The molecule has 17 heavy (non-hydrogen) atoms. The lowest BCUT2D eigenvalue weighted by Crippen LogP contribution is -2.39. The number of nitrogens with one attached hydrogen (secondary N) is 1. The number of H-pyrrole nitrogens is 1. The standard InChI is InChI=1S/C9H12N4O3S/c14-7-12-8-1-3-13(4-2-8)17(15,16)9-5-10-6-11-9/h5-6,8H,1-4H2,(H,10,11). The van der Waals surface area contributed by atoms with Crippen molar-refractivity contribution in [2.24, 2.45) is 4.99 Å². The molecular weight excluding hydrogens is 244 g/mol. The van der Waals surface area contributed by atoms with Crippen LogP contribution in [0.15, 0.2) is 22.5 Å². The van der Waals surface area contributed by atoms with Gasteiger partial charge in [-0.1, -0.05) is 0 Å².